The molecule has 2 aromatic rings. The molecule has 0 saturated carbocycles. The lowest BCUT2D eigenvalue weighted by Crippen LogP contribution is -2.25. The largest absolute Gasteiger partial charge is 0.478 e. The van der Waals surface area contributed by atoms with Crippen molar-refractivity contribution in [2.75, 3.05) is 10.6 Å². The molecule has 6 heteroatoms. The summed E-state index contributed by atoms with van der Waals surface area (Å²) in [7, 11) is -3.63. The highest BCUT2D eigenvalue weighted by Gasteiger charge is 2.23. The molecule has 0 amide bonds. The van der Waals surface area contributed by atoms with Gasteiger partial charge in [0.25, 0.3) is 0 Å². The molecule has 1 aliphatic carbocycles. The van der Waals surface area contributed by atoms with Crippen molar-refractivity contribution in [3.05, 3.63) is 71.8 Å². The lowest BCUT2D eigenvalue weighted by molar-refractivity contribution is 0.0696. The molecule has 2 aromatic carbocycles. The van der Waals surface area contributed by atoms with E-state index in [0.29, 0.717) is 11.4 Å². The Bertz CT molecular complexity index is 936. The molecule has 0 saturated heterocycles. The molecule has 136 valence electrons. The number of nitrogens with zero attached hydrogens (tertiary/aromatic N) is 1. The molecule has 0 spiro atoms. The fourth-order valence-corrected chi connectivity index (χ4v) is 4.30. The number of carboxylic acids is 1. The zero-order valence-corrected chi connectivity index (χ0v) is 15.3. The van der Waals surface area contributed by atoms with Gasteiger partial charge in [0, 0.05) is 0 Å². The molecule has 26 heavy (non-hydrogen) atoms. The zero-order valence-electron chi connectivity index (χ0n) is 14.5. The Morgan fingerprint density at radius 2 is 1.81 bits per heavy atom. The van der Waals surface area contributed by atoms with Crippen molar-refractivity contribution in [1.82, 2.24) is 0 Å². The fourth-order valence-electron chi connectivity index (χ4n) is 3.30. The summed E-state index contributed by atoms with van der Waals surface area (Å²) < 4.78 is 26.1. The van der Waals surface area contributed by atoms with Crippen molar-refractivity contribution in [2.24, 2.45) is 0 Å². The van der Waals surface area contributed by atoms with Gasteiger partial charge < -0.3 is 5.11 Å². The van der Waals surface area contributed by atoms with Gasteiger partial charge in [-0.05, 0) is 61.1 Å². The number of anilines is 2. The molecule has 0 heterocycles. The third kappa shape index (κ3) is 3.96. The Morgan fingerprint density at radius 3 is 2.38 bits per heavy atom. The van der Waals surface area contributed by atoms with E-state index in [1.54, 1.807) is 42.5 Å². The molecule has 0 radical (unpaired) electrons. The van der Waals surface area contributed by atoms with Crippen molar-refractivity contribution in [1.29, 1.82) is 0 Å². The van der Waals surface area contributed by atoms with Crippen LogP contribution in [0.4, 0.5) is 11.4 Å². The van der Waals surface area contributed by atoms with Gasteiger partial charge in [0.15, 0.2) is 0 Å². The average Bonchev–Trinajstić information content (AvgIpc) is 2.62. The number of hydrogen-bond donors (Lipinski definition) is 1. The van der Waals surface area contributed by atoms with Gasteiger partial charge in [0.05, 0.1) is 23.2 Å². The lowest BCUT2D eigenvalue weighted by atomic mass is 9.87. The van der Waals surface area contributed by atoms with E-state index in [1.165, 1.54) is 10.4 Å². The van der Waals surface area contributed by atoms with Crippen LogP contribution >= 0.6 is 0 Å². The number of rotatable bonds is 5. The molecule has 1 atom stereocenters. The van der Waals surface area contributed by atoms with Crippen molar-refractivity contribution in [3.63, 3.8) is 0 Å². The Balaban J connectivity index is 2.16. The molecule has 1 aliphatic rings. The van der Waals surface area contributed by atoms with Gasteiger partial charge >= 0.3 is 5.97 Å². The summed E-state index contributed by atoms with van der Waals surface area (Å²) in [5, 5.41) is 9.51. The number of carbonyl (C=O) groups is 1. The van der Waals surface area contributed by atoms with Gasteiger partial charge in [0.2, 0.25) is 10.0 Å². The third-order valence-electron chi connectivity index (χ3n) is 4.48. The highest BCUT2D eigenvalue weighted by Crippen LogP contribution is 2.35. The molecule has 5 nitrogen and oxygen atoms in total. The van der Waals surface area contributed by atoms with Crippen LogP contribution in [0.15, 0.2) is 60.7 Å². The topological polar surface area (TPSA) is 74.7 Å². The molecular formula is C20H21NO4S. The van der Waals surface area contributed by atoms with Crippen LogP contribution in [-0.2, 0) is 10.0 Å². The number of aromatic carboxylic acids is 1. The van der Waals surface area contributed by atoms with Crippen molar-refractivity contribution in [3.8, 4) is 0 Å². The predicted octanol–water partition coefficient (Wildman–Crippen LogP) is 4.31. The monoisotopic (exact) mass is 371 g/mol. The molecule has 1 unspecified atom stereocenters. The molecule has 1 N–H and O–H groups in total. The van der Waals surface area contributed by atoms with Crippen LogP contribution in [0.1, 0.15) is 41.1 Å². The van der Waals surface area contributed by atoms with E-state index < -0.39 is 16.0 Å². The maximum absolute atomic E-state index is 12.5. The van der Waals surface area contributed by atoms with Gasteiger partial charge in [-0.25, -0.2) is 17.5 Å². The van der Waals surface area contributed by atoms with Crippen molar-refractivity contribution >= 4 is 27.4 Å². The minimum atomic E-state index is -3.63. The third-order valence-corrected chi connectivity index (χ3v) is 5.57. The summed E-state index contributed by atoms with van der Waals surface area (Å²) in [4.78, 5) is 11.6. The summed E-state index contributed by atoms with van der Waals surface area (Å²) in [5.74, 6) is -0.879. The Hall–Kier alpha value is -2.60. The Kier molecular flexibility index (Phi) is 5.13. The van der Waals surface area contributed by atoms with E-state index in [2.05, 4.69) is 12.2 Å². The molecule has 0 bridgehead atoms. The second-order valence-electron chi connectivity index (χ2n) is 6.46. The van der Waals surface area contributed by atoms with Crippen LogP contribution in [0.3, 0.4) is 0 Å². The summed E-state index contributed by atoms with van der Waals surface area (Å²) in [6, 6.07) is 13.6. The smallest absolute Gasteiger partial charge is 0.335 e. The SMILES string of the molecule is CS(=O)(=O)N(c1ccccc1)c1cc(C(=O)O)cc(C2CC=CCC2)c1. The van der Waals surface area contributed by atoms with Gasteiger partial charge in [-0.2, -0.15) is 0 Å². The summed E-state index contributed by atoms with van der Waals surface area (Å²) in [6.45, 7) is 0. The quantitative estimate of drug-likeness (QED) is 0.795. The maximum Gasteiger partial charge on any atom is 0.335 e. The predicted molar refractivity (Wildman–Crippen MR) is 103 cm³/mol. The lowest BCUT2D eigenvalue weighted by Gasteiger charge is -2.25. The number of sulfonamides is 1. The van der Waals surface area contributed by atoms with Crippen LogP contribution in [0.25, 0.3) is 0 Å². The van der Waals surface area contributed by atoms with E-state index >= 15 is 0 Å². The first kappa shape index (κ1) is 18.2. The second kappa shape index (κ2) is 7.33. The van der Waals surface area contributed by atoms with Crippen LogP contribution < -0.4 is 4.31 Å². The van der Waals surface area contributed by atoms with E-state index in [9.17, 15) is 18.3 Å². The van der Waals surface area contributed by atoms with Crippen molar-refractivity contribution < 1.29 is 18.3 Å². The number of allylic oxidation sites excluding steroid dienone is 2. The van der Waals surface area contributed by atoms with Gasteiger partial charge in [-0.15, -0.1) is 0 Å². The fraction of sp³-hybridized carbons (Fsp3) is 0.250. The van der Waals surface area contributed by atoms with Crippen LogP contribution in [-0.4, -0.2) is 25.7 Å². The van der Waals surface area contributed by atoms with E-state index in [4.69, 9.17) is 0 Å². The van der Waals surface area contributed by atoms with Gasteiger partial charge in [-0.3, -0.25) is 0 Å². The standard InChI is InChI=1S/C20H21NO4S/c1-26(24,25)21(18-10-6-3-7-11-18)19-13-16(12-17(14-19)20(22)23)15-8-4-2-5-9-15/h2-4,6-7,10-15H,5,8-9H2,1H3,(H,22,23). The zero-order chi connectivity index (χ0) is 18.7. The first-order chi connectivity index (χ1) is 12.4. The molecular weight excluding hydrogens is 350 g/mol. The molecule has 0 aromatic heterocycles. The average molecular weight is 371 g/mol. The summed E-state index contributed by atoms with van der Waals surface area (Å²) >= 11 is 0. The first-order valence-electron chi connectivity index (χ1n) is 8.45. The van der Waals surface area contributed by atoms with E-state index in [-0.39, 0.29) is 11.5 Å². The Labute approximate surface area is 153 Å². The Morgan fingerprint density at radius 1 is 1.08 bits per heavy atom. The second-order valence-corrected chi connectivity index (χ2v) is 8.29. The van der Waals surface area contributed by atoms with Crippen LogP contribution in [0.5, 0.6) is 0 Å². The molecule has 3 rings (SSSR count). The van der Waals surface area contributed by atoms with Crippen LogP contribution in [0, 0.1) is 0 Å². The normalized spacial score (nSPS) is 17.0. The van der Waals surface area contributed by atoms with Crippen LogP contribution in [0.2, 0.25) is 0 Å². The van der Waals surface area contributed by atoms with Crippen molar-refractivity contribution in [2.45, 2.75) is 25.2 Å². The summed E-state index contributed by atoms with van der Waals surface area (Å²) in [5.41, 5.74) is 1.78. The molecule has 0 aliphatic heterocycles. The maximum atomic E-state index is 12.5. The van der Waals surface area contributed by atoms with E-state index in [1.807, 2.05) is 0 Å². The van der Waals surface area contributed by atoms with Gasteiger partial charge in [-0.1, -0.05) is 30.4 Å². The first-order valence-corrected chi connectivity index (χ1v) is 10.3. The molecule has 0 fully saturated rings. The highest BCUT2D eigenvalue weighted by atomic mass is 32.2. The summed E-state index contributed by atoms with van der Waals surface area (Å²) in [6.07, 6.45) is 8.01. The number of benzene rings is 2. The number of para-hydroxylation sites is 1. The minimum absolute atomic E-state index is 0.0941. The minimum Gasteiger partial charge on any atom is -0.478 e. The number of hydrogen-bond acceptors (Lipinski definition) is 3. The number of carboxylic acid groups (broad SMARTS) is 1. The highest BCUT2D eigenvalue weighted by molar-refractivity contribution is 7.92. The van der Waals surface area contributed by atoms with E-state index in [0.717, 1.165) is 31.1 Å². The van der Waals surface area contributed by atoms with Gasteiger partial charge in [0.1, 0.15) is 0 Å².